The van der Waals surface area contributed by atoms with E-state index < -0.39 is 5.41 Å². The lowest BCUT2D eigenvalue weighted by Gasteiger charge is -2.14. The van der Waals surface area contributed by atoms with Crippen LogP contribution in [0.5, 0.6) is 11.5 Å². The molecule has 148 valence electrons. The van der Waals surface area contributed by atoms with Crippen LogP contribution in [0.2, 0.25) is 0 Å². The van der Waals surface area contributed by atoms with E-state index in [2.05, 4.69) is 5.32 Å². The Morgan fingerprint density at radius 3 is 2.21 bits per heavy atom. The summed E-state index contributed by atoms with van der Waals surface area (Å²) in [5, 5.41) is 2.69. The Morgan fingerprint density at radius 2 is 1.61 bits per heavy atom. The van der Waals surface area contributed by atoms with Crippen LogP contribution < -0.4 is 14.8 Å². The van der Waals surface area contributed by atoms with Gasteiger partial charge in [-0.3, -0.25) is 9.59 Å². The van der Waals surface area contributed by atoms with Gasteiger partial charge in [-0.05, 0) is 49.6 Å². The number of rotatable bonds is 10. The molecule has 0 atom stereocenters. The molecule has 1 aliphatic rings. The summed E-state index contributed by atoms with van der Waals surface area (Å²) >= 11 is 0. The van der Waals surface area contributed by atoms with E-state index in [1.54, 1.807) is 0 Å². The zero-order valence-electron chi connectivity index (χ0n) is 16.0. The van der Waals surface area contributed by atoms with Gasteiger partial charge in [-0.15, -0.1) is 0 Å². The summed E-state index contributed by atoms with van der Waals surface area (Å²) in [6.07, 6.45) is 1.51. The molecule has 1 amide bonds. The van der Waals surface area contributed by atoms with E-state index in [9.17, 15) is 9.59 Å². The second-order valence-corrected chi connectivity index (χ2v) is 6.63. The number of ether oxygens (including phenoxy) is 3. The van der Waals surface area contributed by atoms with Crippen molar-refractivity contribution in [1.29, 1.82) is 0 Å². The van der Waals surface area contributed by atoms with Gasteiger partial charge in [0.2, 0.25) is 0 Å². The molecule has 0 radical (unpaired) electrons. The van der Waals surface area contributed by atoms with Crippen molar-refractivity contribution in [1.82, 2.24) is 5.32 Å². The average Bonchev–Trinajstić information content (AvgIpc) is 3.54. The van der Waals surface area contributed by atoms with E-state index in [-0.39, 0.29) is 18.5 Å². The lowest BCUT2D eigenvalue weighted by molar-refractivity contribution is -0.151. The highest BCUT2D eigenvalue weighted by Gasteiger charge is 2.52. The predicted octanol–water partition coefficient (Wildman–Crippen LogP) is 2.86. The summed E-state index contributed by atoms with van der Waals surface area (Å²) in [5.74, 6) is 0.809. The maximum Gasteiger partial charge on any atom is 0.317 e. The van der Waals surface area contributed by atoms with Crippen molar-refractivity contribution in [3.05, 3.63) is 60.2 Å². The Bertz CT molecular complexity index is 784. The van der Waals surface area contributed by atoms with E-state index in [1.165, 1.54) is 0 Å². The van der Waals surface area contributed by atoms with Crippen molar-refractivity contribution in [3.8, 4) is 11.5 Å². The number of nitrogens with one attached hydrogen (secondary N) is 1. The average molecular weight is 383 g/mol. The molecular formula is C22H25NO5. The van der Waals surface area contributed by atoms with E-state index >= 15 is 0 Å². The third kappa shape index (κ3) is 5.03. The van der Waals surface area contributed by atoms with Crippen molar-refractivity contribution < 1.29 is 23.8 Å². The van der Waals surface area contributed by atoms with Crippen molar-refractivity contribution in [2.75, 3.05) is 26.4 Å². The highest BCUT2D eigenvalue weighted by atomic mass is 16.5. The predicted molar refractivity (Wildman–Crippen MR) is 104 cm³/mol. The lowest BCUT2D eigenvalue weighted by Crippen LogP contribution is -2.34. The maximum atomic E-state index is 12.4. The highest BCUT2D eigenvalue weighted by Crippen LogP contribution is 2.49. The molecule has 0 saturated heterocycles. The van der Waals surface area contributed by atoms with Gasteiger partial charge in [-0.25, -0.2) is 0 Å². The van der Waals surface area contributed by atoms with Crippen molar-refractivity contribution >= 4 is 11.9 Å². The summed E-state index contributed by atoms with van der Waals surface area (Å²) in [5.41, 5.74) is 0.377. The number of carbonyl (C=O) groups is 2. The molecule has 3 rings (SSSR count). The van der Waals surface area contributed by atoms with Crippen LogP contribution in [-0.2, 0) is 19.7 Å². The summed E-state index contributed by atoms with van der Waals surface area (Å²) in [7, 11) is 0. The number of hydrogen-bond acceptors (Lipinski definition) is 5. The third-order valence-electron chi connectivity index (χ3n) is 4.63. The second kappa shape index (κ2) is 9.26. The molecule has 2 aromatic rings. The minimum absolute atomic E-state index is 0.281. The third-order valence-corrected chi connectivity index (χ3v) is 4.63. The van der Waals surface area contributed by atoms with E-state index in [0.29, 0.717) is 25.5 Å². The van der Waals surface area contributed by atoms with Gasteiger partial charge in [0, 0.05) is 0 Å². The van der Waals surface area contributed by atoms with Crippen molar-refractivity contribution in [2.45, 2.75) is 25.2 Å². The molecule has 28 heavy (non-hydrogen) atoms. The van der Waals surface area contributed by atoms with Gasteiger partial charge in [0.1, 0.15) is 18.1 Å². The van der Waals surface area contributed by atoms with Crippen LogP contribution in [0.25, 0.3) is 0 Å². The van der Waals surface area contributed by atoms with Crippen molar-refractivity contribution in [3.63, 3.8) is 0 Å². The van der Waals surface area contributed by atoms with Crippen LogP contribution in [0.15, 0.2) is 54.6 Å². The molecule has 0 aromatic heterocycles. The molecule has 0 aliphatic heterocycles. The Hall–Kier alpha value is -3.02. The number of amides is 1. The smallest absolute Gasteiger partial charge is 0.317 e. The number of hydrogen-bond donors (Lipinski definition) is 1. The van der Waals surface area contributed by atoms with Crippen LogP contribution in [0.1, 0.15) is 25.3 Å². The zero-order valence-corrected chi connectivity index (χ0v) is 16.0. The molecule has 0 unspecified atom stereocenters. The van der Waals surface area contributed by atoms with E-state index in [0.717, 1.165) is 24.2 Å². The topological polar surface area (TPSA) is 73.9 Å². The largest absolute Gasteiger partial charge is 0.494 e. The zero-order chi connectivity index (χ0) is 19.8. The minimum atomic E-state index is -0.571. The summed E-state index contributed by atoms with van der Waals surface area (Å²) in [6.45, 7) is 2.91. The highest BCUT2D eigenvalue weighted by molar-refractivity contribution is 5.88. The first-order valence-corrected chi connectivity index (χ1v) is 9.49. The molecular weight excluding hydrogens is 358 g/mol. The molecule has 1 N–H and O–H groups in total. The molecule has 1 aliphatic carbocycles. The van der Waals surface area contributed by atoms with Crippen LogP contribution in [0.3, 0.4) is 0 Å². The summed E-state index contributed by atoms with van der Waals surface area (Å²) in [6, 6.07) is 16.8. The molecule has 1 saturated carbocycles. The van der Waals surface area contributed by atoms with Gasteiger partial charge in [0.25, 0.3) is 5.91 Å². The Labute approximate surface area is 164 Å². The van der Waals surface area contributed by atoms with Gasteiger partial charge < -0.3 is 19.5 Å². The van der Waals surface area contributed by atoms with Gasteiger partial charge in [-0.1, -0.05) is 30.3 Å². The van der Waals surface area contributed by atoms with Crippen LogP contribution in [-0.4, -0.2) is 38.2 Å². The molecule has 1 fully saturated rings. The minimum Gasteiger partial charge on any atom is -0.494 e. The van der Waals surface area contributed by atoms with Crippen LogP contribution in [0.4, 0.5) is 0 Å². The standard InChI is InChI=1S/C22H25NO5/c1-2-26-18-8-10-19(11-9-18)27-15-14-23-20(24)16-28-21(25)22(12-13-22)17-6-4-3-5-7-17/h3-11H,2,12-16H2,1H3,(H,23,24). The molecule has 0 spiro atoms. The maximum absolute atomic E-state index is 12.4. The van der Waals surface area contributed by atoms with Crippen molar-refractivity contribution in [2.24, 2.45) is 0 Å². The molecule has 6 heteroatoms. The van der Waals surface area contributed by atoms with E-state index in [1.807, 2.05) is 61.5 Å². The normalized spacial score (nSPS) is 14.0. The quantitative estimate of drug-likeness (QED) is 0.504. The van der Waals surface area contributed by atoms with Crippen LogP contribution in [0, 0.1) is 0 Å². The fourth-order valence-corrected chi connectivity index (χ4v) is 2.97. The first-order chi connectivity index (χ1) is 13.6. The van der Waals surface area contributed by atoms with Gasteiger partial charge in [-0.2, -0.15) is 0 Å². The second-order valence-electron chi connectivity index (χ2n) is 6.63. The van der Waals surface area contributed by atoms with Gasteiger partial charge >= 0.3 is 5.97 Å². The lowest BCUT2D eigenvalue weighted by atomic mass is 9.96. The van der Waals surface area contributed by atoms with E-state index in [4.69, 9.17) is 14.2 Å². The molecule has 0 heterocycles. The molecule has 2 aromatic carbocycles. The Morgan fingerprint density at radius 1 is 0.964 bits per heavy atom. The SMILES string of the molecule is CCOc1ccc(OCCNC(=O)COC(=O)C2(c3ccccc3)CC2)cc1. The monoisotopic (exact) mass is 383 g/mol. The Balaban J connectivity index is 1.34. The number of carbonyl (C=O) groups excluding carboxylic acids is 2. The number of esters is 1. The van der Waals surface area contributed by atoms with Gasteiger partial charge in [0.05, 0.1) is 18.6 Å². The first-order valence-electron chi connectivity index (χ1n) is 9.49. The fraction of sp³-hybridized carbons (Fsp3) is 0.364. The van der Waals surface area contributed by atoms with Crippen LogP contribution >= 0.6 is 0 Å². The molecule has 6 nitrogen and oxygen atoms in total. The Kier molecular flexibility index (Phi) is 6.53. The fourth-order valence-electron chi connectivity index (χ4n) is 2.97. The summed E-state index contributed by atoms with van der Waals surface area (Å²) < 4.78 is 16.2. The summed E-state index contributed by atoms with van der Waals surface area (Å²) in [4.78, 5) is 24.3. The molecule has 0 bridgehead atoms. The number of benzene rings is 2. The first kappa shape index (κ1) is 19.7. The van der Waals surface area contributed by atoms with Gasteiger partial charge in [0.15, 0.2) is 6.61 Å².